The van der Waals surface area contributed by atoms with Gasteiger partial charge in [-0.3, -0.25) is 10.1 Å². The minimum Gasteiger partial charge on any atom is -0.444 e. The average molecular weight is 636 g/mol. The van der Waals surface area contributed by atoms with Crippen LogP contribution in [0.3, 0.4) is 0 Å². The van der Waals surface area contributed by atoms with E-state index in [0.29, 0.717) is 23.5 Å². The molecular formula is C35H43F2N5O4. The van der Waals surface area contributed by atoms with E-state index in [9.17, 15) is 23.2 Å². The van der Waals surface area contributed by atoms with Gasteiger partial charge in [0.25, 0.3) is 5.91 Å². The van der Waals surface area contributed by atoms with Crippen molar-refractivity contribution in [3.05, 3.63) is 89.5 Å². The van der Waals surface area contributed by atoms with Crippen LogP contribution in [0.5, 0.6) is 0 Å². The molecule has 9 nitrogen and oxygen atoms in total. The molecule has 46 heavy (non-hydrogen) atoms. The summed E-state index contributed by atoms with van der Waals surface area (Å²) in [4.78, 5) is 42.7. The zero-order valence-electron chi connectivity index (χ0n) is 26.9. The van der Waals surface area contributed by atoms with Gasteiger partial charge in [0.05, 0.1) is 11.4 Å². The van der Waals surface area contributed by atoms with Gasteiger partial charge in [-0.2, -0.15) is 0 Å². The van der Waals surface area contributed by atoms with E-state index in [2.05, 4.69) is 27.8 Å². The molecule has 3 aromatic carbocycles. The van der Waals surface area contributed by atoms with Crippen LogP contribution in [0, 0.1) is 17.6 Å². The molecule has 1 aliphatic heterocycles. The molecule has 0 spiro atoms. The van der Waals surface area contributed by atoms with Crippen molar-refractivity contribution in [2.24, 2.45) is 5.92 Å². The molecule has 0 aromatic heterocycles. The fourth-order valence-electron chi connectivity index (χ4n) is 5.09. The summed E-state index contributed by atoms with van der Waals surface area (Å²) in [6, 6.07) is 16.5. The van der Waals surface area contributed by atoms with Crippen LogP contribution >= 0.6 is 0 Å². The largest absolute Gasteiger partial charge is 0.444 e. The van der Waals surface area contributed by atoms with E-state index >= 15 is 0 Å². The number of hydrogen-bond acceptors (Lipinski definition) is 5. The Hall–Kier alpha value is -4.51. The van der Waals surface area contributed by atoms with Crippen LogP contribution in [0.25, 0.3) is 0 Å². The summed E-state index contributed by atoms with van der Waals surface area (Å²) < 4.78 is 32.5. The highest BCUT2D eigenvalue weighted by atomic mass is 19.2. The van der Waals surface area contributed by atoms with Crippen molar-refractivity contribution in [2.75, 3.05) is 42.1 Å². The number of likely N-dealkylation sites (tertiary alicyclic amines) is 1. The molecule has 11 heteroatoms. The Kier molecular flexibility index (Phi) is 11.7. The number of anilines is 3. The fourth-order valence-corrected chi connectivity index (χ4v) is 5.09. The van der Waals surface area contributed by atoms with Gasteiger partial charge in [-0.1, -0.05) is 31.2 Å². The highest BCUT2D eigenvalue weighted by molar-refractivity contribution is 6.06. The number of nitrogens with zero attached hydrogens (tertiary/aromatic N) is 2. The Morgan fingerprint density at radius 3 is 2.17 bits per heavy atom. The number of amides is 4. The maximum absolute atomic E-state index is 13.8. The first-order valence-corrected chi connectivity index (χ1v) is 15.6. The number of nitrogens with one attached hydrogen (secondary N) is 3. The van der Waals surface area contributed by atoms with E-state index in [1.807, 2.05) is 0 Å². The minimum absolute atomic E-state index is 0.160. The van der Waals surface area contributed by atoms with E-state index in [1.165, 1.54) is 6.07 Å². The molecule has 4 rings (SSSR count). The Balaban J connectivity index is 1.41. The summed E-state index contributed by atoms with van der Waals surface area (Å²) >= 11 is 0. The van der Waals surface area contributed by atoms with Crippen LogP contribution in [-0.4, -0.2) is 59.6 Å². The number of rotatable bonds is 10. The molecular weight excluding hydrogens is 592 g/mol. The number of carbonyl (C=O) groups excluding carboxylic acids is 3. The maximum Gasteiger partial charge on any atom is 0.412 e. The molecule has 1 saturated heterocycles. The first-order valence-electron chi connectivity index (χ1n) is 15.6. The van der Waals surface area contributed by atoms with E-state index in [-0.39, 0.29) is 18.1 Å². The van der Waals surface area contributed by atoms with Crippen molar-refractivity contribution in [3.63, 3.8) is 0 Å². The fraction of sp³-hybridized carbons (Fsp3) is 0.400. The van der Waals surface area contributed by atoms with E-state index in [1.54, 1.807) is 74.2 Å². The third-order valence-electron chi connectivity index (χ3n) is 7.64. The molecule has 0 radical (unpaired) electrons. The van der Waals surface area contributed by atoms with Gasteiger partial charge in [0.15, 0.2) is 11.6 Å². The summed E-state index contributed by atoms with van der Waals surface area (Å²) in [6.45, 7) is 11.2. The van der Waals surface area contributed by atoms with Crippen molar-refractivity contribution in [2.45, 2.75) is 59.1 Å². The van der Waals surface area contributed by atoms with Crippen LogP contribution < -0.4 is 16.0 Å². The number of ether oxygens (including phenoxy) is 1. The predicted molar refractivity (Wildman–Crippen MR) is 176 cm³/mol. The Morgan fingerprint density at radius 1 is 0.891 bits per heavy atom. The Labute approximate surface area is 269 Å². The van der Waals surface area contributed by atoms with Crippen molar-refractivity contribution < 1.29 is 27.9 Å². The van der Waals surface area contributed by atoms with Crippen LogP contribution in [0.15, 0.2) is 66.7 Å². The Bertz CT molecular complexity index is 1500. The third-order valence-corrected chi connectivity index (χ3v) is 7.64. The molecule has 0 atom stereocenters. The van der Waals surface area contributed by atoms with Gasteiger partial charge < -0.3 is 25.2 Å². The summed E-state index contributed by atoms with van der Waals surface area (Å²) in [5.74, 6) is -1.68. The SMILES string of the molecule is CC1CCN(CCCN(Cc2ccc(C(=O)Nc3ccccc3NC(=O)OC(C)(C)C)cc2)C(=O)Nc2ccc(F)c(F)c2)CC1. The van der Waals surface area contributed by atoms with Gasteiger partial charge in [0.2, 0.25) is 0 Å². The van der Waals surface area contributed by atoms with Gasteiger partial charge in [-0.25, -0.2) is 18.4 Å². The summed E-state index contributed by atoms with van der Waals surface area (Å²) in [5, 5.41) is 8.17. The molecule has 3 aromatic rings. The lowest BCUT2D eigenvalue weighted by Gasteiger charge is -2.31. The van der Waals surface area contributed by atoms with E-state index in [0.717, 1.165) is 62.5 Å². The van der Waals surface area contributed by atoms with Gasteiger partial charge in [0.1, 0.15) is 5.60 Å². The van der Waals surface area contributed by atoms with Crippen molar-refractivity contribution in [1.82, 2.24) is 9.80 Å². The zero-order chi connectivity index (χ0) is 33.3. The van der Waals surface area contributed by atoms with E-state index in [4.69, 9.17) is 4.74 Å². The van der Waals surface area contributed by atoms with Crippen molar-refractivity contribution in [3.8, 4) is 0 Å². The molecule has 1 aliphatic rings. The molecule has 3 N–H and O–H groups in total. The monoisotopic (exact) mass is 635 g/mol. The quantitative estimate of drug-likeness (QED) is 0.212. The van der Waals surface area contributed by atoms with Crippen LogP contribution in [0.4, 0.5) is 35.4 Å². The number of carbonyl (C=O) groups is 3. The second-order valence-electron chi connectivity index (χ2n) is 12.7. The number of halogens is 2. The first-order chi connectivity index (χ1) is 21.9. The van der Waals surface area contributed by atoms with Crippen LogP contribution in [0.1, 0.15) is 62.9 Å². The van der Waals surface area contributed by atoms with Gasteiger partial charge in [-0.05, 0) is 108 Å². The number of piperidine rings is 1. The highest BCUT2D eigenvalue weighted by Crippen LogP contribution is 2.23. The zero-order valence-corrected chi connectivity index (χ0v) is 26.9. The van der Waals surface area contributed by atoms with Crippen molar-refractivity contribution >= 4 is 35.1 Å². The minimum atomic E-state index is -1.04. The van der Waals surface area contributed by atoms with Gasteiger partial charge in [0, 0.05) is 30.4 Å². The number of hydrogen-bond donors (Lipinski definition) is 3. The molecule has 0 bridgehead atoms. The lowest BCUT2D eigenvalue weighted by Crippen LogP contribution is -2.38. The third kappa shape index (κ3) is 10.5. The molecule has 1 fully saturated rings. The summed E-state index contributed by atoms with van der Waals surface area (Å²) in [7, 11) is 0. The molecule has 4 amide bonds. The number of para-hydroxylation sites is 2. The maximum atomic E-state index is 13.8. The lowest BCUT2D eigenvalue weighted by atomic mass is 9.99. The van der Waals surface area contributed by atoms with Crippen LogP contribution in [-0.2, 0) is 11.3 Å². The highest BCUT2D eigenvalue weighted by Gasteiger charge is 2.20. The molecule has 0 aliphatic carbocycles. The summed E-state index contributed by atoms with van der Waals surface area (Å²) in [5.41, 5.74) is 1.45. The number of benzene rings is 3. The normalized spacial score (nSPS) is 14.0. The lowest BCUT2D eigenvalue weighted by molar-refractivity contribution is 0.0635. The average Bonchev–Trinajstić information content (AvgIpc) is 3.00. The van der Waals surface area contributed by atoms with Gasteiger partial charge in [-0.15, -0.1) is 0 Å². The second-order valence-corrected chi connectivity index (χ2v) is 12.7. The number of urea groups is 1. The molecule has 246 valence electrons. The standard InChI is InChI=1S/C35H43F2N5O4/c1-24-16-20-41(21-17-24)18-7-19-42(33(44)38-27-14-15-28(36)29(37)22-27)23-25-10-12-26(13-11-25)32(43)39-30-8-5-6-9-31(30)40-34(45)46-35(2,3)4/h5-6,8-15,22,24H,7,16-21,23H2,1-4H3,(H,38,44)(H,39,43)(H,40,45). The van der Waals surface area contributed by atoms with Gasteiger partial charge >= 0.3 is 12.1 Å². The molecule has 0 unspecified atom stereocenters. The summed E-state index contributed by atoms with van der Waals surface area (Å²) in [6.07, 6.45) is 2.43. The van der Waals surface area contributed by atoms with Crippen LogP contribution in [0.2, 0.25) is 0 Å². The topological polar surface area (TPSA) is 103 Å². The molecule has 0 saturated carbocycles. The molecule has 1 heterocycles. The predicted octanol–water partition coefficient (Wildman–Crippen LogP) is 7.72. The van der Waals surface area contributed by atoms with Crippen molar-refractivity contribution in [1.29, 1.82) is 0 Å². The first kappa shape index (κ1) is 34.4. The van der Waals surface area contributed by atoms with E-state index < -0.39 is 29.4 Å². The second kappa shape index (κ2) is 15.7. The Morgan fingerprint density at radius 2 is 1.54 bits per heavy atom. The smallest absolute Gasteiger partial charge is 0.412 e.